The van der Waals surface area contributed by atoms with Crippen LogP contribution in [0, 0.1) is 0 Å². The van der Waals surface area contributed by atoms with Gasteiger partial charge in [0.2, 0.25) is 0 Å². The van der Waals surface area contributed by atoms with Crippen molar-refractivity contribution in [3.05, 3.63) is 78.2 Å². The van der Waals surface area contributed by atoms with Gasteiger partial charge in [0.25, 0.3) is 5.91 Å². The third kappa shape index (κ3) is 3.22. The molecule has 0 fully saturated rings. The van der Waals surface area contributed by atoms with E-state index in [0.717, 1.165) is 22.2 Å². The second-order valence-corrected chi connectivity index (χ2v) is 6.60. The van der Waals surface area contributed by atoms with Crippen LogP contribution >= 0.6 is 0 Å². The van der Waals surface area contributed by atoms with Crippen molar-refractivity contribution in [3.8, 4) is 11.3 Å². The van der Waals surface area contributed by atoms with E-state index in [-0.39, 0.29) is 17.5 Å². The van der Waals surface area contributed by atoms with Gasteiger partial charge in [0, 0.05) is 40.5 Å². The van der Waals surface area contributed by atoms with Gasteiger partial charge in [-0.3, -0.25) is 9.59 Å². The van der Waals surface area contributed by atoms with Gasteiger partial charge in [-0.15, -0.1) is 0 Å². The molecule has 140 valence electrons. The number of furan rings is 1. The highest BCUT2D eigenvalue weighted by atomic mass is 16.4. The first-order valence-electron chi connectivity index (χ1n) is 9.17. The molecular weight excluding hydrogens is 352 g/mol. The fourth-order valence-corrected chi connectivity index (χ4v) is 3.26. The molecule has 0 aliphatic rings. The van der Waals surface area contributed by atoms with Gasteiger partial charge in [-0.2, -0.15) is 0 Å². The predicted octanol–water partition coefficient (Wildman–Crippen LogP) is 5.30. The Hall–Kier alpha value is -3.60. The first-order valence-corrected chi connectivity index (χ1v) is 9.17. The van der Waals surface area contributed by atoms with E-state index in [4.69, 9.17) is 4.42 Å². The third-order valence-corrected chi connectivity index (χ3v) is 4.80. The van der Waals surface area contributed by atoms with Gasteiger partial charge >= 0.3 is 0 Å². The summed E-state index contributed by atoms with van der Waals surface area (Å²) in [7, 11) is 0. The van der Waals surface area contributed by atoms with Gasteiger partial charge < -0.3 is 14.3 Å². The summed E-state index contributed by atoms with van der Waals surface area (Å²) in [6.45, 7) is 3.99. The number of Topliss-reactive ketones (excluding diaryl/α,β-unsaturated/α-hetero) is 1. The van der Waals surface area contributed by atoms with Gasteiger partial charge in [-0.25, -0.2) is 0 Å². The maximum absolute atomic E-state index is 13.0. The van der Waals surface area contributed by atoms with Crippen molar-refractivity contribution < 1.29 is 14.0 Å². The number of H-pyrrole nitrogens is 1. The molecule has 0 bridgehead atoms. The Bertz CT molecular complexity index is 1150. The van der Waals surface area contributed by atoms with Gasteiger partial charge in [-0.1, -0.05) is 24.3 Å². The summed E-state index contributed by atoms with van der Waals surface area (Å²) < 4.78 is 5.83. The van der Waals surface area contributed by atoms with Crippen LogP contribution in [0.2, 0.25) is 0 Å². The summed E-state index contributed by atoms with van der Waals surface area (Å²) >= 11 is 0. The lowest BCUT2D eigenvalue weighted by atomic mass is 10.1. The van der Waals surface area contributed by atoms with E-state index in [1.54, 1.807) is 29.2 Å². The van der Waals surface area contributed by atoms with Crippen LogP contribution in [-0.2, 0) is 0 Å². The van der Waals surface area contributed by atoms with Gasteiger partial charge in [0.1, 0.15) is 5.76 Å². The highest BCUT2D eigenvalue weighted by molar-refractivity contribution is 6.05. The number of nitrogens with zero attached hydrogens (tertiary/aromatic N) is 1. The van der Waals surface area contributed by atoms with Crippen LogP contribution in [-0.4, -0.2) is 23.2 Å². The molecule has 0 aliphatic carbocycles. The fourth-order valence-electron chi connectivity index (χ4n) is 3.26. The number of carbonyl (C=O) groups excluding carboxylic acids is 2. The fraction of sp³-hybridized carbons (Fsp3) is 0.130. The van der Waals surface area contributed by atoms with Crippen LogP contribution in [0.25, 0.3) is 22.2 Å². The maximum Gasteiger partial charge on any atom is 0.293 e. The lowest BCUT2D eigenvalue weighted by Gasteiger charge is -2.20. The minimum atomic E-state index is -0.191. The Kier molecular flexibility index (Phi) is 4.57. The number of anilines is 1. The number of nitrogens with one attached hydrogen (secondary N) is 1. The molecule has 2 aromatic carbocycles. The SMILES string of the molecule is CCN(C(=O)c1ccc(-c2ccc(C(C)=O)cc2)o1)c1ccc2[nH]ccc2c1. The number of hydrogen-bond donors (Lipinski definition) is 1. The smallest absolute Gasteiger partial charge is 0.293 e. The molecular formula is C23H20N2O3. The van der Waals surface area contributed by atoms with E-state index in [9.17, 15) is 9.59 Å². The molecule has 1 N–H and O–H groups in total. The highest BCUT2D eigenvalue weighted by Gasteiger charge is 2.20. The number of amides is 1. The molecule has 0 atom stereocenters. The number of aromatic nitrogens is 1. The lowest BCUT2D eigenvalue weighted by molar-refractivity contribution is 0.0961. The molecule has 0 unspecified atom stereocenters. The van der Waals surface area contributed by atoms with Crippen LogP contribution in [0.3, 0.4) is 0 Å². The van der Waals surface area contributed by atoms with Crippen LogP contribution in [0.1, 0.15) is 34.8 Å². The molecule has 5 heteroatoms. The van der Waals surface area contributed by atoms with Crippen molar-refractivity contribution in [2.75, 3.05) is 11.4 Å². The molecule has 5 nitrogen and oxygen atoms in total. The van der Waals surface area contributed by atoms with Crippen LogP contribution in [0.15, 0.2) is 71.3 Å². The molecule has 4 rings (SSSR count). The van der Waals surface area contributed by atoms with Gasteiger partial charge in [0.05, 0.1) is 0 Å². The summed E-state index contributed by atoms with van der Waals surface area (Å²) in [5.41, 5.74) is 3.31. The molecule has 4 aromatic rings. The Balaban J connectivity index is 1.61. The summed E-state index contributed by atoms with van der Waals surface area (Å²) in [6.07, 6.45) is 1.88. The van der Waals surface area contributed by atoms with E-state index in [0.29, 0.717) is 17.9 Å². The number of aromatic amines is 1. The van der Waals surface area contributed by atoms with Gasteiger partial charge in [0.15, 0.2) is 11.5 Å². The maximum atomic E-state index is 13.0. The zero-order chi connectivity index (χ0) is 19.7. The van der Waals surface area contributed by atoms with Crippen molar-refractivity contribution in [1.29, 1.82) is 0 Å². The van der Waals surface area contributed by atoms with Crippen molar-refractivity contribution >= 4 is 28.3 Å². The highest BCUT2D eigenvalue weighted by Crippen LogP contribution is 2.26. The van der Waals surface area contributed by atoms with Crippen LogP contribution in [0.4, 0.5) is 5.69 Å². The van der Waals surface area contributed by atoms with Crippen LogP contribution < -0.4 is 4.90 Å². The lowest BCUT2D eigenvalue weighted by Crippen LogP contribution is -2.30. The molecule has 0 spiro atoms. The molecule has 2 aromatic heterocycles. The second-order valence-electron chi connectivity index (χ2n) is 6.60. The molecule has 0 saturated heterocycles. The van der Waals surface area contributed by atoms with Crippen molar-refractivity contribution in [2.24, 2.45) is 0 Å². The standard InChI is InChI=1S/C23H20N2O3/c1-3-25(19-8-9-20-18(14-19)12-13-24-20)23(27)22-11-10-21(28-22)17-6-4-16(5-7-17)15(2)26/h4-14,24H,3H2,1-2H3. The monoisotopic (exact) mass is 372 g/mol. The van der Waals surface area contributed by atoms with Crippen molar-refractivity contribution in [2.45, 2.75) is 13.8 Å². The number of fused-ring (bicyclic) bond motifs is 1. The Labute approximate surface area is 162 Å². The molecule has 0 aliphatic heterocycles. The topological polar surface area (TPSA) is 66.3 Å². The minimum absolute atomic E-state index is 0.0137. The average Bonchev–Trinajstić information content (AvgIpc) is 3.38. The Morgan fingerprint density at radius 1 is 1.00 bits per heavy atom. The minimum Gasteiger partial charge on any atom is -0.451 e. The summed E-state index contributed by atoms with van der Waals surface area (Å²) in [4.78, 5) is 29.3. The summed E-state index contributed by atoms with van der Waals surface area (Å²) in [6, 6.07) is 18.5. The van der Waals surface area contributed by atoms with E-state index < -0.39 is 0 Å². The zero-order valence-electron chi connectivity index (χ0n) is 15.7. The Morgan fingerprint density at radius 3 is 2.50 bits per heavy atom. The largest absolute Gasteiger partial charge is 0.451 e. The quantitative estimate of drug-likeness (QED) is 0.484. The average molecular weight is 372 g/mol. The van der Waals surface area contributed by atoms with E-state index >= 15 is 0 Å². The van der Waals surface area contributed by atoms with E-state index in [1.165, 1.54) is 6.92 Å². The molecule has 2 heterocycles. The normalized spacial score (nSPS) is 10.9. The zero-order valence-corrected chi connectivity index (χ0v) is 15.7. The number of hydrogen-bond acceptors (Lipinski definition) is 3. The molecule has 0 saturated carbocycles. The first kappa shape index (κ1) is 17.8. The van der Waals surface area contributed by atoms with Gasteiger partial charge in [-0.05, 0) is 50.2 Å². The van der Waals surface area contributed by atoms with Crippen molar-refractivity contribution in [3.63, 3.8) is 0 Å². The number of carbonyl (C=O) groups is 2. The van der Waals surface area contributed by atoms with E-state index in [1.807, 2.05) is 49.5 Å². The van der Waals surface area contributed by atoms with E-state index in [2.05, 4.69) is 4.98 Å². The molecule has 0 radical (unpaired) electrons. The summed E-state index contributed by atoms with van der Waals surface area (Å²) in [5.74, 6) is 0.695. The van der Waals surface area contributed by atoms with Crippen molar-refractivity contribution in [1.82, 2.24) is 4.98 Å². The number of benzene rings is 2. The second kappa shape index (κ2) is 7.19. The number of ketones is 1. The Morgan fingerprint density at radius 2 is 1.79 bits per heavy atom. The first-order chi connectivity index (χ1) is 13.6. The van der Waals surface area contributed by atoms with Crippen LogP contribution in [0.5, 0.6) is 0 Å². The molecule has 28 heavy (non-hydrogen) atoms. The summed E-state index contributed by atoms with van der Waals surface area (Å²) in [5, 5.41) is 1.05. The number of rotatable bonds is 5. The molecule has 1 amide bonds. The predicted molar refractivity (Wildman–Crippen MR) is 110 cm³/mol. The third-order valence-electron chi connectivity index (χ3n) is 4.80.